The van der Waals surface area contributed by atoms with Gasteiger partial charge in [0.25, 0.3) is 0 Å². The molecular formula is C12H12N4OS2. The lowest BCUT2D eigenvalue weighted by molar-refractivity contribution is -0.116. The summed E-state index contributed by atoms with van der Waals surface area (Å²) in [7, 11) is 0. The number of amides is 1. The molecule has 0 radical (unpaired) electrons. The highest BCUT2D eigenvalue weighted by molar-refractivity contribution is 7.80. The monoisotopic (exact) mass is 292 g/mol. The Hall–Kier alpha value is -1.86. The van der Waals surface area contributed by atoms with Crippen LogP contribution in [0.25, 0.3) is 0 Å². The number of nitrogens with two attached hydrogens (primary N) is 1. The average Bonchev–Trinajstić information content (AvgIpc) is 2.75. The Morgan fingerprint density at radius 2 is 2.05 bits per heavy atom. The second-order valence-electron chi connectivity index (χ2n) is 3.86. The van der Waals surface area contributed by atoms with Crippen LogP contribution in [0.1, 0.15) is 16.5 Å². The Morgan fingerprint density at radius 3 is 2.58 bits per heavy atom. The molecule has 98 valence electrons. The van der Waals surface area contributed by atoms with Crippen LogP contribution in [0.4, 0.5) is 5.13 Å². The molecule has 0 spiro atoms. The Kier molecular flexibility index (Phi) is 4.18. The summed E-state index contributed by atoms with van der Waals surface area (Å²) in [6.45, 7) is 1.82. The lowest BCUT2D eigenvalue weighted by atomic mass is 9.98. The normalized spacial score (nSPS) is 11.8. The molecule has 0 bridgehead atoms. The third kappa shape index (κ3) is 3.33. The van der Waals surface area contributed by atoms with Gasteiger partial charge in [0, 0.05) is 0 Å². The minimum Gasteiger partial charge on any atom is -0.392 e. The maximum Gasteiger partial charge on any atom is 0.240 e. The highest BCUT2D eigenvalue weighted by Crippen LogP contribution is 2.20. The van der Waals surface area contributed by atoms with E-state index in [1.165, 1.54) is 11.3 Å². The number of anilines is 1. The van der Waals surface area contributed by atoms with Crippen LogP contribution in [-0.2, 0) is 4.79 Å². The molecule has 7 heteroatoms. The first-order valence-electron chi connectivity index (χ1n) is 5.53. The molecular weight excluding hydrogens is 280 g/mol. The van der Waals surface area contributed by atoms with Gasteiger partial charge in [-0.15, -0.1) is 10.2 Å². The quantitative estimate of drug-likeness (QED) is 0.841. The molecule has 3 N–H and O–H groups in total. The van der Waals surface area contributed by atoms with Gasteiger partial charge in [-0.2, -0.15) is 0 Å². The molecule has 0 aliphatic carbocycles. The number of rotatable bonds is 4. The number of nitrogens with one attached hydrogen (secondary N) is 1. The molecule has 1 unspecified atom stereocenters. The molecule has 2 rings (SSSR count). The first-order valence-corrected chi connectivity index (χ1v) is 6.75. The molecule has 1 aromatic heterocycles. The van der Waals surface area contributed by atoms with E-state index in [1.807, 2.05) is 37.3 Å². The van der Waals surface area contributed by atoms with Gasteiger partial charge in [0.05, 0.1) is 4.99 Å². The zero-order valence-electron chi connectivity index (χ0n) is 10.2. The number of carbonyl (C=O) groups is 1. The van der Waals surface area contributed by atoms with Crippen molar-refractivity contribution in [3.8, 4) is 0 Å². The average molecular weight is 292 g/mol. The molecule has 0 saturated heterocycles. The highest BCUT2D eigenvalue weighted by Gasteiger charge is 2.24. The Labute approximate surface area is 119 Å². The first kappa shape index (κ1) is 13.6. The van der Waals surface area contributed by atoms with Gasteiger partial charge in [-0.3, -0.25) is 10.1 Å². The number of aryl methyl sites for hydroxylation is 1. The van der Waals surface area contributed by atoms with Crippen molar-refractivity contribution in [3.63, 3.8) is 0 Å². The third-order valence-electron chi connectivity index (χ3n) is 2.44. The summed E-state index contributed by atoms with van der Waals surface area (Å²) in [4.78, 5) is 12.4. The van der Waals surface area contributed by atoms with E-state index in [1.54, 1.807) is 0 Å². The summed E-state index contributed by atoms with van der Waals surface area (Å²) in [6, 6.07) is 9.17. The minimum absolute atomic E-state index is 0.130. The largest absolute Gasteiger partial charge is 0.392 e. The van der Waals surface area contributed by atoms with E-state index in [0.29, 0.717) is 5.13 Å². The van der Waals surface area contributed by atoms with Crippen molar-refractivity contribution in [2.75, 3.05) is 5.32 Å². The van der Waals surface area contributed by atoms with Crippen LogP contribution in [0.2, 0.25) is 0 Å². The number of carbonyl (C=O) groups excluding carboxylic acids is 1. The summed E-state index contributed by atoms with van der Waals surface area (Å²) in [5.41, 5.74) is 6.42. The fraction of sp³-hybridized carbons (Fsp3) is 0.167. The van der Waals surface area contributed by atoms with Gasteiger partial charge in [-0.25, -0.2) is 0 Å². The fourth-order valence-corrected chi connectivity index (χ4v) is 2.45. The number of hydrogen-bond donors (Lipinski definition) is 2. The van der Waals surface area contributed by atoms with Gasteiger partial charge in [-0.1, -0.05) is 53.9 Å². The van der Waals surface area contributed by atoms with Crippen LogP contribution >= 0.6 is 23.6 Å². The van der Waals surface area contributed by atoms with E-state index < -0.39 is 5.92 Å². The van der Waals surface area contributed by atoms with Crippen LogP contribution in [0.5, 0.6) is 0 Å². The van der Waals surface area contributed by atoms with Crippen molar-refractivity contribution >= 4 is 39.6 Å². The van der Waals surface area contributed by atoms with Crippen LogP contribution < -0.4 is 11.1 Å². The smallest absolute Gasteiger partial charge is 0.240 e. The molecule has 5 nitrogen and oxygen atoms in total. The molecule has 0 aliphatic rings. The Balaban J connectivity index is 2.20. The van der Waals surface area contributed by atoms with E-state index in [9.17, 15) is 4.79 Å². The van der Waals surface area contributed by atoms with E-state index in [2.05, 4.69) is 15.5 Å². The van der Waals surface area contributed by atoms with Crippen molar-refractivity contribution < 1.29 is 4.79 Å². The number of thiocarbonyl (C=S) groups is 1. The Morgan fingerprint density at radius 1 is 1.37 bits per heavy atom. The maximum atomic E-state index is 12.2. The first-order chi connectivity index (χ1) is 9.08. The van der Waals surface area contributed by atoms with E-state index in [4.69, 9.17) is 18.0 Å². The lowest BCUT2D eigenvalue weighted by Crippen LogP contribution is -2.31. The molecule has 0 saturated carbocycles. The molecule has 0 fully saturated rings. The summed E-state index contributed by atoms with van der Waals surface area (Å²) >= 11 is 6.28. The van der Waals surface area contributed by atoms with E-state index in [-0.39, 0.29) is 10.9 Å². The number of aromatic nitrogens is 2. The predicted molar refractivity (Wildman–Crippen MR) is 79.2 cm³/mol. The minimum atomic E-state index is -0.666. The summed E-state index contributed by atoms with van der Waals surface area (Å²) in [6.07, 6.45) is 0. The Bertz CT molecular complexity index is 597. The van der Waals surface area contributed by atoms with Crippen molar-refractivity contribution in [2.24, 2.45) is 5.73 Å². The summed E-state index contributed by atoms with van der Waals surface area (Å²) < 4.78 is 0. The number of benzene rings is 1. The van der Waals surface area contributed by atoms with Gasteiger partial charge in [0.1, 0.15) is 10.9 Å². The lowest BCUT2D eigenvalue weighted by Gasteiger charge is -2.14. The van der Waals surface area contributed by atoms with Gasteiger partial charge < -0.3 is 5.73 Å². The molecule has 1 atom stereocenters. The van der Waals surface area contributed by atoms with Gasteiger partial charge in [0.15, 0.2) is 0 Å². The third-order valence-corrected chi connectivity index (χ3v) is 3.43. The zero-order chi connectivity index (χ0) is 13.8. The number of nitrogens with zero attached hydrogens (tertiary/aromatic N) is 2. The van der Waals surface area contributed by atoms with Crippen molar-refractivity contribution in [1.29, 1.82) is 0 Å². The second kappa shape index (κ2) is 5.85. The molecule has 1 heterocycles. The molecule has 1 aromatic carbocycles. The van der Waals surface area contributed by atoms with Crippen molar-refractivity contribution in [2.45, 2.75) is 12.8 Å². The summed E-state index contributed by atoms with van der Waals surface area (Å²) in [5, 5.41) is 11.6. The predicted octanol–water partition coefficient (Wildman–Crippen LogP) is 1.85. The van der Waals surface area contributed by atoms with Crippen molar-refractivity contribution in [1.82, 2.24) is 10.2 Å². The second-order valence-corrected chi connectivity index (χ2v) is 5.51. The molecule has 0 aliphatic heterocycles. The SMILES string of the molecule is Cc1nnc(NC(=O)C(C(N)=S)c2ccccc2)s1. The topological polar surface area (TPSA) is 80.9 Å². The van der Waals surface area contributed by atoms with Crippen molar-refractivity contribution in [3.05, 3.63) is 40.9 Å². The maximum absolute atomic E-state index is 12.2. The van der Waals surface area contributed by atoms with Crippen LogP contribution in [0.3, 0.4) is 0 Å². The summed E-state index contributed by atoms with van der Waals surface area (Å²) in [5.74, 6) is -0.963. The van der Waals surface area contributed by atoms with E-state index in [0.717, 1.165) is 10.6 Å². The molecule has 1 amide bonds. The van der Waals surface area contributed by atoms with Crippen LogP contribution in [-0.4, -0.2) is 21.1 Å². The van der Waals surface area contributed by atoms with Crippen LogP contribution in [0, 0.1) is 6.92 Å². The number of hydrogen-bond acceptors (Lipinski definition) is 5. The highest BCUT2D eigenvalue weighted by atomic mass is 32.1. The fourth-order valence-electron chi connectivity index (χ4n) is 1.61. The van der Waals surface area contributed by atoms with Gasteiger partial charge in [0.2, 0.25) is 11.0 Å². The van der Waals surface area contributed by atoms with E-state index >= 15 is 0 Å². The molecule has 2 aromatic rings. The van der Waals surface area contributed by atoms with Gasteiger partial charge >= 0.3 is 0 Å². The molecule has 19 heavy (non-hydrogen) atoms. The van der Waals surface area contributed by atoms with Crippen LogP contribution in [0.15, 0.2) is 30.3 Å². The standard InChI is InChI=1S/C12H12N4OS2/c1-7-15-16-12(19-7)14-11(17)9(10(13)18)8-5-3-2-4-6-8/h2-6,9H,1H3,(H2,13,18)(H,14,16,17). The van der Waals surface area contributed by atoms with Gasteiger partial charge in [-0.05, 0) is 12.5 Å². The zero-order valence-corrected chi connectivity index (χ0v) is 11.8.